The van der Waals surface area contributed by atoms with E-state index in [1.807, 2.05) is 0 Å². The van der Waals surface area contributed by atoms with Crippen LogP contribution in [0, 0.1) is 17.0 Å². The first kappa shape index (κ1) is 9.98. The van der Waals surface area contributed by atoms with Gasteiger partial charge in [0.2, 0.25) is 0 Å². The Bertz CT molecular complexity index is 327. The summed E-state index contributed by atoms with van der Waals surface area (Å²) in [6.45, 7) is 1.66. The third kappa shape index (κ3) is 2.18. The Balaban J connectivity index is 3.10. The fourth-order valence-electron chi connectivity index (χ4n) is 1.02. The second kappa shape index (κ2) is 4.23. The van der Waals surface area contributed by atoms with E-state index in [-0.39, 0.29) is 5.69 Å². The minimum Gasteiger partial charge on any atom is -0.482 e. The number of hydrogen-bond acceptors (Lipinski definition) is 3. The Morgan fingerprint density at radius 2 is 2.31 bits per heavy atom. The number of hydrogen-bond donors (Lipinski definition) is 0. The van der Waals surface area contributed by atoms with E-state index < -0.39 is 4.92 Å². The van der Waals surface area contributed by atoms with Crippen molar-refractivity contribution in [3.05, 3.63) is 33.9 Å². The molecule has 4 nitrogen and oxygen atoms in total. The Hall–Kier alpha value is -1.10. The molecule has 1 rings (SSSR count). The summed E-state index contributed by atoms with van der Waals surface area (Å²) in [5.41, 5.74) is 0.958. The van der Waals surface area contributed by atoms with E-state index in [2.05, 4.69) is 15.9 Å². The van der Waals surface area contributed by atoms with Crippen LogP contribution in [0.25, 0.3) is 0 Å². The van der Waals surface area contributed by atoms with Gasteiger partial charge in [-0.1, -0.05) is 6.07 Å². The smallest absolute Gasteiger partial charge is 0.276 e. The van der Waals surface area contributed by atoms with Gasteiger partial charge in [-0.05, 0) is 28.9 Å². The lowest BCUT2D eigenvalue weighted by Crippen LogP contribution is -1.96. The molecule has 0 aliphatic rings. The van der Waals surface area contributed by atoms with Crippen molar-refractivity contribution in [1.82, 2.24) is 0 Å². The highest BCUT2D eigenvalue weighted by Gasteiger charge is 2.13. The van der Waals surface area contributed by atoms with Gasteiger partial charge in [-0.15, -0.1) is 0 Å². The van der Waals surface area contributed by atoms with E-state index in [1.165, 1.54) is 6.07 Å². The summed E-state index contributed by atoms with van der Waals surface area (Å²) in [6.07, 6.45) is 0. The van der Waals surface area contributed by atoms with Gasteiger partial charge in [-0.3, -0.25) is 10.1 Å². The first-order valence-electron chi connectivity index (χ1n) is 3.59. The summed E-state index contributed by atoms with van der Waals surface area (Å²) in [5.74, 6) is 0.533. The zero-order valence-electron chi connectivity index (χ0n) is 6.99. The fourth-order valence-corrected chi connectivity index (χ4v) is 1.26. The molecule has 1 aromatic rings. The standard InChI is InChI=1S/C8H8BrNO3/c1-6-7(10(11)12)3-2-4-8(6)13-5-9/h2-4H,5H2,1H3. The molecule has 13 heavy (non-hydrogen) atoms. The number of nitro benzene ring substituents is 1. The van der Waals surface area contributed by atoms with Crippen LogP contribution in [-0.2, 0) is 0 Å². The molecule has 0 aromatic heterocycles. The molecule has 0 heterocycles. The number of nitro groups is 1. The van der Waals surface area contributed by atoms with Crippen LogP contribution in [0.1, 0.15) is 5.56 Å². The summed E-state index contributed by atoms with van der Waals surface area (Å²) < 4.78 is 5.14. The summed E-state index contributed by atoms with van der Waals surface area (Å²) in [6, 6.07) is 4.75. The van der Waals surface area contributed by atoms with Crippen molar-refractivity contribution in [3.8, 4) is 5.75 Å². The highest BCUT2D eigenvalue weighted by Crippen LogP contribution is 2.26. The fraction of sp³-hybridized carbons (Fsp3) is 0.250. The molecule has 0 fully saturated rings. The van der Waals surface area contributed by atoms with Crippen molar-refractivity contribution in [2.75, 3.05) is 5.52 Å². The zero-order chi connectivity index (χ0) is 9.84. The van der Waals surface area contributed by atoms with Gasteiger partial charge in [0.1, 0.15) is 11.3 Å². The molecule has 0 amide bonds. The van der Waals surface area contributed by atoms with Crippen LogP contribution in [0.4, 0.5) is 5.69 Å². The molecule has 0 atom stereocenters. The largest absolute Gasteiger partial charge is 0.482 e. The first-order chi connectivity index (χ1) is 6.16. The second-order valence-electron chi connectivity index (χ2n) is 2.41. The third-order valence-electron chi connectivity index (χ3n) is 1.66. The predicted molar refractivity (Wildman–Crippen MR) is 52.3 cm³/mol. The van der Waals surface area contributed by atoms with E-state index >= 15 is 0 Å². The first-order valence-corrected chi connectivity index (χ1v) is 4.71. The monoisotopic (exact) mass is 245 g/mol. The van der Waals surface area contributed by atoms with E-state index in [9.17, 15) is 10.1 Å². The van der Waals surface area contributed by atoms with Gasteiger partial charge < -0.3 is 4.74 Å². The van der Waals surface area contributed by atoms with Crippen molar-refractivity contribution in [1.29, 1.82) is 0 Å². The lowest BCUT2D eigenvalue weighted by atomic mass is 10.2. The minimum absolute atomic E-state index is 0.0819. The molecule has 0 radical (unpaired) electrons. The predicted octanol–water partition coefficient (Wildman–Crippen LogP) is 2.63. The second-order valence-corrected chi connectivity index (χ2v) is 2.87. The molecule has 0 spiro atoms. The lowest BCUT2D eigenvalue weighted by Gasteiger charge is -2.05. The van der Waals surface area contributed by atoms with Gasteiger partial charge in [0.25, 0.3) is 5.69 Å². The molecular formula is C8H8BrNO3. The van der Waals surface area contributed by atoms with Crippen molar-refractivity contribution >= 4 is 21.6 Å². The molecule has 1 aromatic carbocycles. The third-order valence-corrected chi connectivity index (χ3v) is 1.89. The molecule has 0 saturated heterocycles. The topological polar surface area (TPSA) is 52.4 Å². The summed E-state index contributed by atoms with van der Waals surface area (Å²) in [5, 5.41) is 10.5. The van der Waals surface area contributed by atoms with Gasteiger partial charge in [0.15, 0.2) is 0 Å². The van der Waals surface area contributed by atoms with Crippen molar-refractivity contribution < 1.29 is 9.66 Å². The normalized spacial score (nSPS) is 9.69. The van der Waals surface area contributed by atoms with Crippen LogP contribution in [0.3, 0.4) is 0 Å². The summed E-state index contributed by atoms with van der Waals surface area (Å²) >= 11 is 3.09. The van der Waals surface area contributed by atoms with Crippen molar-refractivity contribution in [2.24, 2.45) is 0 Å². The summed E-state index contributed by atoms with van der Waals surface area (Å²) in [4.78, 5) is 10.1. The zero-order valence-corrected chi connectivity index (χ0v) is 8.58. The molecular weight excluding hydrogens is 238 g/mol. The maximum atomic E-state index is 10.5. The Kier molecular flexibility index (Phi) is 3.25. The molecule has 0 aliphatic heterocycles. The Morgan fingerprint density at radius 1 is 1.62 bits per heavy atom. The van der Waals surface area contributed by atoms with Crippen LogP contribution in [0.2, 0.25) is 0 Å². The number of halogens is 1. The van der Waals surface area contributed by atoms with Crippen molar-refractivity contribution in [3.63, 3.8) is 0 Å². The van der Waals surface area contributed by atoms with Gasteiger partial charge in [-0.25, -0.2) is 0 Å². The van der Waals surface area contributed by atoms with Crippen LogP contribution in [0.5, 0.6) is 5.75 Å². The minimum atomic E-state index is -0.420. The summed E-state index contributed by atoms with van der Waals surface area (Å²) in [7, 11) is 0. The van der Waals surface area contributed by atoms with Crippen LogP contribution < -0.4 is 4.74 Å². The van der Waals surface area contributed by atoms with E-state index in [0.717, 1.165) is 0 Å². The number of rotatable bonds is 3. The van der Waals surface area contributed by atoms with Crippen LogP contribution in [0.15, 0.2) is 18.2 Å². The van der Waals surface area contributed by atoms with Gasteiger partial charge in [0, 0.05) is 6.07 Å². The van der Waals surface area contributed by atoms with E-state index in [4.69, 9.17) is 4.74 Å². The lowest BCUT2D eigenvalue weighted by molar-refractivity contribution is -0.385. The quantitative estimate of drug-likeness (QED) is 0.468. The van der Waals surface area contributed by atoms with E-state index in [1.54, 1.807) is 19.1 Å². The van der Waals surface area contributed by atoms with Crippen LogP contribution >= 0.6 is 15.9 Å². The molecule has 0 unspecified atom stereocenters. The van der Waals surface area contributed by atoms with Gasteiger partial charge in [-0.2, -0.15) is 0 Å². The number of benzene rings is 1. The maximum Gasteiger partial charge on any atom is 0.276 e. The molecule has 0 N–H and O–H groups in total. The molecule has 70 valence electrons. The average Bonchev–Trinajstić information content (AvgIpc) is 2.08. The SMILES string of the molecule is Cc1c(OCBr)cccc1[N+](=O)[O-]. The Labute approximate surface area is 83.8 Å². The van der Waals surface area contributed by atoms with E-state index in [0.29, 0.717) is 16.8 Å². The highest BCUT2D eigenvalue weighted by molar-refractivity contribution is 9.09. The molecule has 5 heteroatoms. The number of ether oxygens (including phenoxy) is 1. The molecule has 0 bridgehead atoms. The van der Waals surface area contributed by atoms with Crippen LogP contribution in [-0.4, -0.2) is 10.4 Å². The highest BCUT2D eigenvalue weighted by atomic mass is 79.9. The molecule has 0 saturated carbocycles. The van der Waals surface area contributed by atoms with Gasteiger partial charge >= 0.3 is 0 Å². The molecule has 0 aliphatic carbocycles. The number of nitrogens with zero attached hydrogens (tertiary/aromatic N) is 1. The van der Waals surface area contributed by atoms with Gasteiger partial charge in [0.05, 0.1) is 10.5 Å². The number of alkyl halides is 1. The maximum absolute atomic E-state index is 10.5. The van der Waals surface area contributed by atoms with Crippen molar-refractivity contribution in [2.45, 2.75) is 6.92 Å². The Morgan fingerprint density at radius 3 is 2.85 bits per heavy atom. The average molecular weight is 246 g/mol.